The smallest absolute Gasteiger partial charge is 0.239 e. The first-order chi connectivity index (χ1) is 8.17. The first-order valence-corrected chi connectivity index (χ1v) is 5.44. The molecule has 0 fully saturated rings. The lowest BCUT2D eigenvalue weighted by Gasteiger charge is -2.23. The Morgan fingerprint density at radius 2 is 1.88 bits per heavy atom. The average Bonchev–Trinajstić information content (AvgIpc) is 2.35. The van der Waals surface area contributed by atoms with Gasteiger partial charge in [-0.3, -0.25) is 4.79 Å². The first kappa shape index (κ1) is 15.4. The first-order valence-electron chi connectivity index (χ1n) is 5.44. The average molecular weight is 238 g/mol. The van der Waals surface area contributed by atoms with Crippen LogP contribution in [0.1, 0.15) is 19.3 Å². The highest BCUT2D eigenvalue weighted by Crippen LogP contribution is 2.01. The zero-order chi connectivity index (χ0) is 13.1. The number of rotatable bonds is 8. The number of nitriles is 2. The third kappa shape index (κ3) is 6.52. The van der Waals surface area contributed by atoms with Crippen LogP contribution in [0.15, 0.2) is 0 Å². The third-order valence-corrected chi connectivity index (χ3v) is 2.25. The van der Waals surface area contributed by atoms with Gasteiger partial charge in [-0.2, -0.15) is 10.5 Å². The van der Waals surface area contributed by atoms with Gasteiger partial charge >= 0.3 is 0 Å². The van der Waals surface area contributed by atoms with E-state index >= 15 is 0 Å². The predicted molar refractivity (Wildman–Crippen MR) is 61.5 cm³/mol. The largest absolute Gasteiger partial charge is 0.385 e. The van der Waals surface area contributed by atoms with E-state index in [0.29, 0.717) is 26.1 Å². The fraction of sp³-hybridized carbons (Fsp3) is 0.727. The molecule has 0 rings (SSSR count). The van der Waals surface area contributed by atoms with Crippen molar-refractivity contribution in [3.63, 3.8) is 0 Å². The van der Waals surface area contributed by atoms with Crippen LogP contribution in [0.3, 0.4) is 0 Å². The summed E-state index contributed by atoms with van der Waals surface area (Å²) in [5.41, 5.74) is 5.71. The lowest BCUT2D eigenvalue weighted by atomic mass is 10.2. The Hall–Kier alpha value is -1.63. The van der Waals surface area contributed by atoms with Crippen molar-refractivity contribution < 1.29 is 9.53 Å². The molecule has 2 N–H and O–H groups in total. The molecule has 0 aromatic heterocycles. The van der Waals surface area contributed by atoms with Gasteiger partial charge in [0.15, 0.2) is 0 Å². The zero-order valence-corrected chi connectivity index (χ0v) is 10.1. The second kappa shape index (κ2) is 9.59. The maximum atomic E-state index is 11.9. The minimum Gasteiger partial charge on any atom is -0.385 e. The molecule has 0 aliphatic heterocycles. The highest BCUT2D eigenvalue weighted by atomic mass is 16.5. The Morgan fingerprint density at radius 3 is 2.29 bits per heavy atom. The molecule has 17 heavy (non-hydrogen) atoms. The number of nitrogens with two attached hydrogens (primary N) is 1. The molecule has 0 spiro atoms. The molecule has 1 amide bonds. The van der Waals surface area contributed by atoms with Crippen molar-refractivity contribution in [1.29, 1.82) is 10.5 Å². The van der Waals surface area contributed by atoms with Crippen LogP contribution in [-0.2, 0) is 9.53 Å². The molecule has 0 aromatic rings. The van der Waals surface area contributed by atoms with Crippen LogP contribution in [0.5, 0.6) is 0 Å². The topological polar surface area (TPSA) is 103 Å². The Labute approximate surface area is 102 Å². The molecule has 0 heterocycles. The Balaban J connectivity index is 4.30. The van der Waals surface area contributed by atoms with Gasteiger partial charge in [-0.15, -0.1) is 0 Å². The molecule has 0 aromatic carbocycles. The Kier molecular flexibility index (Phi) is 8.67. The van der Waals surface area contributed by atoms with Crippen LogP contribution >= 0.6 is 0 Å². The lowest BCUT2D eigenvalue weighted by molar-refractivity contribution is -0.132. The fourth-order valence-corrected chi connectivity index (χ4v) is 1.30. The second-order valence-electron chi connectivity index (χ2n) is 3.53. The highest BCUT2D eigenvalue weighted by molar-refractivity contribution is 5.81. The minimum absolute atomic E-state index is 0.229. The molecular weight excluding hydrogens is 220 g/mol. The van der Waals surface area contributed by atoms with Crippen LogP contribution < -0.4 is 5.73 Å². The normalized spacial score (nSPS) is 11.3. The molecule has 0 bridgehead atoms. The van der Waals surface area contributed by atoms with Crippen LogP contribution in [-0.4, -0.2) is 43.7 Å². The summed E-state index contributed by atoms with van der Waals surface area (Å²) in [5, 5.41) is 17.0. The molecule has 1 atom stereocenters. The number of hydrogen-bond acceptors (Lipinski definition) is 5. The summed E-state index contributed by atoms with van der Waals surface area (Å²) in [5.74, 6) is -0.229. The van der Waals surface area contributed by atoms with E-state index in [1.165, 1.54) is 4.90 Å². The van der Waals surface area contributed by atoms with E-state index in [-0.39, 0.29) is 18.7 Å². The second-order valence-corrected chi connectivity index (χ2v) is 3.53. The molecule has 0 aliphatic rings. The van der Waals surface area contributed by atoms with Crippen LogP contribution in [0.2, 0.25) is 0 Å². The maximum Gasteiger partial charge on any atom is 0.239 e. The van der Waals surface area contributed by atoms with Crippen molar-refractivity contribution in [3.8, 4) is 12.1 Å². The van der Waals surface area contributed by atoms with E-state index in [1.54, 1.807) is 7.11 Å². The lowest BCUT2D eigenvalue weighted by Crippen LogP contribution is -2.45. The number of carbonyl (C=O) groups excluding carboxylic acids is 1. The monoisotopic (exact) mass is 238 g/mol. The molecule has 6 nitrogen and oxygen atoms in total. The van der Waals surface area contributed by atoms with Gasteiger partial charge in [0.2, 0.25) is 5.91 Å². The van der Waals surface area contributed by atoms with E-state index in [2.05, 4.69) is 0 Å². The summed E-state index contributed by atoms with van der Waals surface area (Å²) in [6.45, 7) is 1.05. The Bertz CT molecular complexity index is 288. The third-order valence-electron chi connectivity index (χ3n) is 2.25. The van der Waals surface area contributed by atoms with Crippen LogP contribution in [0, 0.1) is 22.7 Å². The van der Waals surface area contributed by atoms with Crippen molar-refractivity contribution in [1.82, 2.24) is 4.90 Å². The molecular formula is C11H18N4O2. The van der Waals surface area contributed by atoms with Gasteiger partial charge in [0.1, 0.15) is 0 Å². The van der Waals surface area contributed by atoms with E-state index < -0.39 is 6.04 Å². The number of methoxy groups -OCH3 is 1. The summed E-state index contributed by atoms with van der Waals surface area (Å²) in [6, 6.07) is 3.31. The number of ether oxygens (including phenoxy) is 1. The fourth-order valence-electron chi connectivity index (χ4n) is 1.30. The SMILES string of the molecule is COCCC(N)C(=O)N(CCC#N)CCC#N. The van der Waals surface area contributed by atoms with Gasteiger partial charge in [0, 0.05) is 26.8 Å². The molecule has 0 radical (unpaired) electrons. The summed E-state index contributed by atoms with van der Waals surface area (Å²) < 4.78 is 4.85. The van der Waals surface area contributed by atoms with Gasteiger partial charge in [0.25, 0.3) is 0 Å². The summed E-state index contributed by atoms with van der Waals surface area (Å²) >= 11 is 0. The van der Waals surface area contributed by atoms with Gasteiger partial charge in [0.05, 0.1) is 31.0 Å². The quantitative estimate of drug-likeness (QED) is 0.641. The van der Waals surface area contributed by atoms with Crippen molar-refractivity contribution in [2.75, 3.05) is 26.8 Å². The molecule has 1 unspecified atom stereocenters. The van der Waals surface area contributed by atoms with E-state index in [9.17, 15) is 4.79 Å². The minimum atomic E-state index is -0.632. The number of amides is 1. The van der Waals surface area contributed by atoms with E-state index in [1.807, 2.05) is 12.1 Å². The standard InChI is InChI=1S/C11H18N4O2/c1-17-9-4-10(14)11(16)15(7-2-5-12)8-3-6-13/h10H,2-4,7-9,14H2,1H3. The molecule has 0 aliphatic carbocycles. The van der Waals surface area contributed by atoms with Crippen molar-refractivity contribution in [2.24, 2.45) is 5.73 Å². The maximum absolute atomic E-state index is 11.9. The molecule has 0 saturated heterocycles. The highest BCUT2D eigenvalue weighted by Gasteiger charge is 2.20. The van der Waals surface area contributed by atoms with Crippen molar-refractivity contribution in [3.05, 3.63) is 0 Å². The summed E-state index contributed by atoms with van der Waals surface area (Å²) in [4.78, 5) is 13.4. The summed E-state index contributed by atoms with van der Waals surface area (Å²) in [7, 11) is 1.54. The zero-order valence-electron chi connectivity index (χ0n) is 10.1. The van der Waals surface area contributed by atoms with Crippen LogP contribution in [0.25, 0.3) is 0 Å². The van der Waals surface area contributed by atoms with Gasteiger partial charge in [-0.1, -0.05) is 0 Å². The van der Waals surface area contributed by atoms with Gasteiger partial charge < -0.3 is 15.4 Å². The number of carbonyl (C=O) groups is 1. The summed E-state index contributed by atoms with van der Waals surface area (Å²) in [6.07, 6.45) is 0.924. The van der Waals surface area contributed by atoms with Crippen LogP contribution in [0.4, 0.5) is 0 Å². The predicted octanol–water partition coefficient (Wildman–Crippen LogP) is 0.00616. The van der Waals surface area contributed by atoms with Gasteiger partial charge in [-0.25, -0.2) is 0 Å². The number of hydrogen-bond donors (Lipinski definition) is 1. The van der Waals surface area contributed by atoms with E-state index in [4.69, 9.17) is 21.0 Å². The molecule has 94 valence electrons. The molecule has 6 heteroatoms. The van der Waals surface area contributed by atoms with Gasteiger partial charge in [-0.05, 0) is 6.42 Å². The Morgan fingerprint density at radius 1 is 1.35 bits per heavy atom. The van der Waals surface area contributed by atoms with Crippen molar-refractivity contribution >= 4 is 5.91 Å². The van der Waals surface area contributed by atoms with E-state index in [0.717, 1.165) is 0 Å². The molecule has 0 saturated carbocycles. The van der Waals surface area contributed by atoms with Crippen molar-refractivity contribution in [2.45, 2.75) is 25.3 Å². The number of nitrogens with zero attached hydrogens (tertiary/aromatic N) is 3.